The zero-order valence-corrected chi connectivity index (χ0v) is 9.26. The minimum absolute atomic E-state index is 0.221. The summed E-state index contributed by atoms with van der Waals surface area (Å²) in [4.78, 5) is 3.51. The van der Waals surface area contributed by atoms with Crippen LogP contribution in [0.1, 0.15) is 12.1 Å². The smallest absolute Gasteiger partial charge is 0.255 e. The molecular formula is C12H7ClF3N. The van der Waals surface area contributed by atoms with Crippen LogP contribution in [0, 0.1) is 5.82 Å². The summed E-state index contributed by atoms with van der Waals surface area (Å²) in [5, 5.41) is 0.259. The molecule has 0 saturated carbocycles. The van der Waals surface area contributed by atoms with Crippen LogP contribution in [0.15, 0.2) is 36.5 Å². The third kappa shape index (κ3) is 2.58. The largest absolute Gasteiger partial charge is 0.280 e. The predicted octanol–water partition coefficient (Wildman–Crippen LogP) is 4.48. The lowest BCUT2D eigenvalue weighted by Gasteiger charge is -2.05. The molecule has 0 amide bonds. The highest BCUT2D eigenvalue weighted by Gasteiger charge is 2.11. The van der Waals surface area contributed by atoms with Gasteiger partial charge in [-0.25, -0.2) is 13.2 Å². The summed E-state index contributed by atoms with van der Waals surface area (Å²) in [6.07, 6.45) is -1.45. The van der Waals surface area contributed by atoms with Gasteiger partial charge in [0.05, 0.1) is 0 Å². The summed E-state index contributed by atoms with van der Waals surface area (Å²) in [6.45, 7) is 0. The van der Waals surface area contributed by atoms with Gasteiger partial charge in [0.2, 0.25) is 0 Å². The number of hydrogen-bond donors (Lipinski definition) is 0. The van der Waals surface area contributed by atoms with E-state index in [1.54, 1.807) is 0 Å². The molecule has 0 unspecified atom stereocenters. The van der Waals surface area contributed by atoms with E-state index in [4.69, 9.17) is 11.6 Å². The molecule has 0 aliphatic heterocycles. The Hall–Kier alpha value is -1.55. The summed E-state index contributed by atoms with van der Waals surface area (Å²) in [7, 11) is 0. The van der Waals surface area contributed by atoms with Gasteiger partial charge >= 0.3 is 0 Å². The van der Waals surface area contributed by atoms with Crippen LogP contribution in [0.3, 0.4) is 0 Å². The number of hydrogen-bond acceptors (Lipinski definition) is 1. The van der Waals surface area contributed by atoms with Gasteiger partial charge in [0.25, 0.3) is 6.43 Å². The van der Waals surface area contributed by atoms with Gasteiger partial charge in [-0.3, -0.25) is 4.98 Å². The first-order valence-electron chi connectivity index (χ1n) is 4.77. The van der Waals surface area contributed by atoms with E-state index in [0.29, 0.717) is 5.56 Å². The number of halogens is 4. The Labute approximate surface area is 101 Å². The first-order valence-corrected chi connectivity index (χ1v) is 5.15. The number of pyridine rings is 1. The first-order chi connectivity index (χ1) is 8.08. The summed E-state index contributed by atoms with van der Waals surface area (Å²) in [6, 6.07) is 6.72. The lowest BCUT2D eigenvalue weighted by Crippen LogP contribution is -1.91. The van der Waals surface area contributed by atoms with Gasteiger partial charge in [-0.05, 0) is 35.9 Å². The van der Waals surface area contributed by atoms with Crippen LogP contribution in [0.4, 0.5) is 13.2 Å². The zero-order valence-electron chi connectivity index (χ0n) is 8.50. The molecule has 88 valence electrons. The molecule has 0 atom stereocenters. The second-order valence-corrected chi connectivity index (χ2v) is 3.83. The standard InChI is InChI=1S/C12H7ClF3N/c13-8-1-2-9(10(14)6-8)7-3-4-17-11(5-7)12(15)16/h1-6,12H. The fourth-order valence-electron chi connectivity index (χ4n) is 1.46. The van der Waals surface area contributed by atoms with E-state index in [0.717, 1.165) is 12.1 Å². The van der Waals surface area contributed by atoms with Gasteiger partial charge in [0, 0.05) is 16.8 Å². The van der Waals surface area contributed by atoms with Crippen molar-refractivity contribution in [3.8, 4) is 11.1 Å². The van der Waals surface area contributed by atoms with Crippen molar-refractivity contribution in [2.75, 3.05) is 0 Å². The second-order valence-electron chi connectivity index (χ2n) is 3.39. The number of rotatable bonds is 2. The van der Waals surface area contributed by atoms with E-state index < -0.39 is 12.2 Å². The minimum atomic E-state index is -2.68. The summed E-state index contributed by atoms with van der Waals surface area (Å²) in [5.74, 6) is -0.552. The van der Waals surface area contributed by atoms with Crippen LogP contribution in [-0.2, 0) is 0 Å². The first kappa shape index (κ1) is 11.9. The van der Waals surface area contributed by atoms with E-state index in [-0.39, 0.29) is 16.3 Å². The number of nitrogens with zero attached hydrogens (tertiary/aromatic N) is 1. The van der Waals surface area contributed by atoms with Crippen molar-refractivity contribution in [2.45, 2.75) is 6.43 Å². The van der Waals surface area contributed by atoms with Gasteiger partial charge in [-0.15, -0.1) is 0 Å². The Bertz CT molecular complexity index is 543. The molecule has 5 heteroatoms. The molecule has 0 spiro atoms. The summed E-state index contributed by atoms with van der Waals surface area (Å²) < 4.78 is 38.5. The highest BCUT2D eigenvalue weighted by molar-refractivity contribution is 6.30. The maximum atomic E-state index is 13.6. The molecular weight excluding hydrogens is 251 g/mol. The second kappa shape index (κ2) is 4.75. The molecule has 1 aromatic carbocycles. The van der Waals surface area contributed by atoms with Crippen LogP contribution in [0.25, 0.3) is 11.1 Å². The van der Waals surface area contributed by atoms with Crippen molar-refractivity contribution in [1.29, 1.82) is 0 Å². The monoisotopic (exact) mass is 257 g/mol. The SMILES string of the molecule is Fc1cc(Cl)ccc1-c1ccnc(C(F)F)c1. The van der Waals surface area contributed by atoms with Gasteiger partial charge in [0.15, 0.2) is 0 Å². The summed E-state index contributed by atoms with van der Waals surface area (Å²) in [5.41, 5.74) is 0.194. The molecule has 17 heavy (non-hydrogen) atoms. The molecule has 0 saturated heterocycles. The molecule has 0 radical (unpaired) electrons. The number of aromatic nitrogens is 1. The lowest BCUT2D eigenvalue weighted by atomic mass is 10.1. The van der Waals surface area contributed by atoms with Crippen molar-refractivity contribution < 1.29 is 13.2 Å². The fourth-order valence-corrected chi connectivity index (χ4v) is 1.62. The highest BCUT2D eigenvalue weighted by atomic mass is 35.5. The van der Waals surface area contributed by atoms with E-state index in [9.17, 15) is 13.2 Å². The normalized spacial score (nSPS) is 10.9. The lowest BCUT2D eigenvalue weighted by molar-refractivity contribution is 0.146. The van der Waals surface area contributed by atoms with E-state index >= 15 is 0 Å². The highest BCUT2D eigenvalue weighted by Crippen LogP contribution is 2.27. The number of alkyl halides is 2. The molecule has 0 fully saturated rings. The Morgan fingerprint density at radius 1 is 1.12 bits per heavy atom. The molecule has 1 nitrogen and oxygen atoms in total. The topological polar surface area (TPSA) is 12.9 Å². The van der Waals surface area contributed by atoms with Crippen LogP contribution in [0.2, 0.25) is 5.02 Å². The molecule has 1 heterocycles. The van der Waals surface area contributed by atoms with Crippen molar-refractivity contribution in [1.82, 2.24) is 4.98 Å². The number of benzene rings is 1. The summed E-state index contributed by atoms with van der Waals surface area (Å²) >= 11 is 5.61. The van der Waals surface area contributed by atoms with Crippen LogP contribution in [0.5, 0.6) is 0 Å². The molecule has 0 aliphatic rings. The van der Waals surface area contributed by atoms with Crippen LogP contribution in [-0.4, -0.2) is 4.98 Å². The Kier molecular flexibility index (Phi) is 3.33. The maximum absolute atomic E-state index is 13.6. The Morgan fingerprint density at radius 2 is 1.88 bits per heavy atom. The van der Waals surface area contributed by atoms with Crippen molar-refractivity contribution in [3.63, 3.8) is 0 Å². The van der Waals surface area contributed by atoms with Gasteiger partial charge in [0.1, 0.15) is 11.5 Å². The maximum Gasteiger partial charge on any atom is 0.280 e. The quantitative estimate of drug-likeness (QED) is 0.773. The van der Waals surface area contributed by atoms with Crippen molar-refractivity contribution in [3.05, 3.63) is 53.1 Å². The van der Waals surface area contributed by atoms with Crippen LogP contribution >= 0.6 is 11.6 Å². The third-order valence-electron chi connectivity index (χ3n) is 2.25. The Morgan fingerprint density at radius 3 is 2.53 bits per heavy atom. The van der Waals surface area contributed by atoms with Gasteiger partial charge < -0.3 is 0 Å². The average molecular weight is 258 g/mol. The van der Waals surface area contributed by atoms with E-state index in [2.05, 4.69) is 4.98 Å². The predicted molar refractivity (Wildman–Crippen MR) is 59.6 cm³/mol. The minimum Gasteiger partial charge on any atom is -0.255 e. The molecule has 2 aromatic rings. The average Bonchev–Trinajstić information content (AvgIpc) is 2.29. The molecule has 0 aliphatic carbocycles. The Balaban J connectivity index is 2.49. The molecule has 1 aromatic heterocycles. The third-order valence-corrected chi connectivity index (χ3v) is 2.48. The van der Waals surface area contributed by atoms with E-state index in [1.807, 2.05) is 0 Å². The van der Waals surface area contributed by atoms with Crippen molar-refractivity contribution >= 4 is 11.6 Å². The molecule has 0 bridgehead atoms. The zero-order chi connectivity index (χ0) is 12.4. The van der Waals surface area contributed by atoms with Crippen LogP contribution < -0.4 is 0 Å². The molecule has 0 N–H and O–H groups in total. The fraction of sp³-hybridized carbons (Fsp3) is 0.0833. The molecule has 2 rings (SSSR count). The van der Waals surface area contributed by atoms with Gasteiger partial charge in [-0.2, -0.15) is 0 Å². The van der Waals surface area contributed by atoms with Crippen molar-refractivity contribution in [2.24, 2.45) is 0 Å². The van der Waals surface area contributed by atoms with Gasteiger partial charge in [-0.1, -0.05) is 11.6 Å². The van der Waals surface area contributed by atoms with E-state index in [1.165, 1.54) is 24.4 Å².